The number of pyridine rings is 1. The fourth-order valence-corrected chi connectivity index (χ4v) is 2.31. The Labute approximate surface area is 109 Å². The Bertz CT molecular complexity index is 527. The van der Waals surface area contributed by atoms with Crippen LogP contribution in [0.2, 0.25) is 0 Å². The molecule has 2 aromatic heterocycles. The third kappa shape index (κ3) is 3.27. The molecule has 0 aliphatic carbocycles. The van der Waals surface area contributed by atoms with Crippen LogP contribution >= 0.6 is 11.3 Å². The molecule has 0 aliphatic heterocycles. The highest BCUT2D eigenvalue weighted by Gasteiger charge is 2.09. The molecule has 0 bridgehead atoms. The minimum Gasteiger partial charge on any atom is -0.481 e. The Balaban J connectivity index is 2.01. The summed E-state index contributed by atoms with van der Waals surface area (Å²) in [5.74, 6) is -0.868. The van der Waals surface area contributed by atoms with E-state index in [0.717, 1.165) is 10.7 Å². The molecule has 2 heterocycles. The SMILES string of the molecule is CC(Nc1nc(CC(=O)O)cs1)c1cccnc1. The van der Waals surface area contributed by atoms with Gasteiger partial charge in [0.25, 0.3) is 0 Å². The van der Waals surface area contributed by atoms with E-state index < -0.39 is 5.97 Å². The number of anilines is 1. The van der Waals surface area contributed by atoms with Crippen molar-refractivity contribution in [3.05, 3.63) is 41.2 Å². The third-order valence-corrected chi connectivity index (χ3v) is 3.23. The fraction of sp³-hybridized carbons (Fsp3) is 0.250. The van der Waals surface area contributed by atoms with E-state index in [4.69, 9.17) is 5.11 Å². The van der Waals surface area contributed by atoms with Crippen molar-refractivity contribution < 1.29 is 9.90 Å². The van der Waals surface area contributed by atoms with E-state index in [1.165, 1.54) is 11.3 Å². The minimum atomic E-state index is -0.868. The van der Waals surface area contributed by atoms with Gasteiger partial charge in [-0.3, -0.25) is 9.78 Å². The summed E-state index contributed by atoms with van der Waals surface area (Å²) in [4.78, 5) is 18.8. The zero-order valence-electron chi connectivity index (χ0n) is 9.83. The molecule has 0 aromatic carbocycles. The van der Waals surface area contributed by atoms with Crippen LogP contribution in [0.5, 0.6) is 0 Å². The number of nitrogens with zero attached hydrogens (tertiary/aromatic N) is 2. The largest absolute Gasteiger partial charge is 0.481 e. The van der Waals surface area contributed by atoms with Crippen LogP contribution in [0.25, 0.3) is 0 Å². The summed E-state index contributed by atoms with van der Waals surface area (Å²) in [6, 6.07) is 3.95. The third-order valence-electron chi connectivity index (χ3n) is 2.41. The number of carboxylic acids is 1. The first kappa shape index (κ1) is 12.5. The number of aliphatic carboxylic acids is 1. The van der Waals surface area contributed by atoms with Crippen molar-refractivity contribution in [2.75, 3.05) is 5.32 Å². The van der Waals surface area contributed by atoms with Gasteiger partial charge in [0.1, 0.15) is 0 Å². The van der Waals surface area contributed by atoms with Crippen molar-refractivity contribution in [2.24, 2.45) is 0 Å². The number of thiazole rings is 1. The first-order valence-corrected chi connectivity index (χ1v) is 6.36. The maximum absolute atomic E-state index is 10.6. The van der Waals surface area contributed by atoms with Crippen LogP contribution in [0, 0.1) is 0 Å². The lowest BCUT2D eigenvalue weighted by Crippen LogP contribution is -2.07. The summed E-state index contributed by atoms with van der Waals surface area (Å²) in [7, 11) is 0. The summed E-state index contributed by atoms with van der Waals surface area (Å²) >= 11 is 1.41. The van der Waals surface area contributed by atoms with Gasteiger partial charge in [-0.2, -0.15) is 0 Å². The minimum absolute atomic E-state index is 0.0422. The monoisotopic (exact) mass is 263 g/mol. The van der Waals surface area contributed by atoms with Crippen molar-refractivity contribution in [2.45, 2.75) is 19.4 Å². The van der Waals surface area contributed by atoms with Crippen LogP contribution in [0.4, 0.5) is 5.13 Å². The first-order chi connectivity index (χ1) is 8.65. The summed E-state index contributed by atoms with van der Waals surface area (Å²) in [5, 5.41) is 14.4. The Morgan fingerprint density at radius 2 is 2.44 bits per heavy atom. The van der Waals surface area contributed by atoms with Gasteiger partial charge in [0, 0.05) is 17.8 Å². The lowest BCUT2D eigenvalue weighted by molar-refractivity contribution is -0.136. The van der Waals surface area contributed by atoms with Crippen LogP contribution in [0.3, 0.4) is 0 Å². The van der Waals surface area contributed by atoms with E-state index in [-0.39, 0.29) is 12.5 Å². The molecule has 1 unspecified atom stereocenters. The molecule has 5 nitrogen and oxygen atoms in total. The van der Waals surface area contributed by atoms with E-state index in [0.29, 0.717) is 5.69 Å². The van der Waals surface area contributed by atoms with Gasteiger partial charge in [-0.15, -0.1) is 11.3 Å². The molecule has 0 radical (unpaired) electrons. The molecule has 6 heteroatoms. The molecule has 0 aliphatic rings. The Morgan fingerprint density at radius 1 is 1.61 bits per heavy atom. The van der Waals surface area contributed by atoms with Crippen molar-refractivity contribution in [3.8, 4) is 0 Å². The van der Waals surface area contributed by atoms with Crippen molar-refractivity contribution in [1.82, 2.24) is 9.97 Å². The van der Waals surface area contributed by atoms with Crippen LogP contribution in [0.1, 0.15) is 24.2 Å². The predicted octanol–water partition coefficient (Wildman–Crippen LogP) is 2.34. The van der Waals surface area contributed by atoms with E-state index in [1.54, 1.807) is 17.8 Å². The number of hydrogen-bond acceptors (Lipinski definition) is 5. The lowest BCUT2D eigenvalue weighted by atomic mass is 10.1. The van der Waals surface area contributed by atoms with Gasteiger partial charge < -0.3 is 10.4 Å². The van der Waals surface area contributed by atoms with Gasteiger partial charge in [-0.05, 0) is 18.6 Å². The van der Waals surface area contributed by atoms with E-state index >= 15 is 0 Å². The second-order valence-corrected chi connectivity index (χ2v) is 4.72. The van der Waals surface area contributed by atoms with E-state index in [1.807, 2.05) is 19.1 Å². The summed E-state index contributed by atoms with van der Waals surface area (Å²) in [6.45, 7) is 2.01. The molecule has 0 spiro atoms. The zero-order chi connectivity index (χ0) is 13.0. The number of rotatable bonds is 5. The van der Waals surface area contributed by atoms with Crippen LogP contribution < -0.4 is 5.32 Å². The molecule has 0 saturated heterocycles. The summed E-state index contributed by atoms with van der Waals surface area (Å²) in [6.07, 6.45) is 3.48. The molecule has 1 atom stereocenters. The average molecular weight is 263 g/mol. The molecule has 2 rings (SSSR count). The van der Waals surface area contributed by atoms with Crippen LogP contribution in [-0.4, -0.2) is 21.0 Å². The highest BCUT2D eigenvalue weighted by atomic mass is 32.1. The number of hydrogen-bond donors (Lipinski definition) is 2. The maximum atomic E-state index is 10.6. The number of carbonyl (C=O) groups is 1. The number of carboxylic acid groups (broad SMARTS) is 1. The highest BCUT2D eigenvalue weighted by Crippen LogP contribution is 2.22. The summed E-state index contributed by atoms with van der Waals surface area (Å²) < 4.78 is 0. The normalized spacial score (nSPS) is 12.1. The second-order valence-electron chi connectivity index (χ2n) is 3.87. The quantitative estimate of drug-likeness (QED) is 0.866. The van der Waals surface area contributed by atoms with E-state index in [9.17, 15) is 4.79 Å². The molecule has 94 valence electrons. The predicted molar refractivity (Wildman–Crippen MR) is 69.7 cm³/mol. The summed E-state index contributed by atoms with van der Waals surface area (Å²) in [5.41, 5.74) is 1.64. The van der Waals surface area contributed by atoms with Crippen molar-refractivity contribution in [3.63, 3.8) is 0 Å². The molecule has 18 heavy (non-hydrogen) atoms. The standard InChI is InChI=1S/C12H13N3O2S/c1-8(9-3-2-4-13-6-9)14-12-15-10(7-18-12)5-11(16)17/h2-4,6-8H,5H2,1H3,(H,14,15)(H,16,17). The van der Waals surface area contributed by atoms with Crippen LogP contribution in [0.15, 0.2) is 29.9 Å². The first-order valence-electron chi connectivity index (χ1n) is 5.48. The molecule has 2 aromatic rings. The van der Waals surface area contributed by atoms with Gasteiger partial charge in [0.15, 0.2) is 5.13 Å². The van der Waals surface area contributed by atoms with Gasteiger partial charge in [0.05, 0.1) is 18.2 Å². The fourth-order valence-electron chi connectivity index (χ4n) is 1.51. The molecule has 0 fully saturated rings. The number of nitrogens with one attached hydrogen (secondary N) is 1. The van der Waals surface area contributed by atoms with Crippen LogP contribution in [-0.2, 0) is 11.2 Å². The van der Waals surface area contributed by atoms with Crippen molar-refractivity contribution in [1.29, 1.82) is 0 Å². The molecule has 0 saturated carbocycles. The Hall–Kier alpha value is -1.95. The maximum Gasteiger partial charge on any atom is 0.309 e. The zero-order valence-corrected chi connectivity index (χ0v) is 10.6. The second kappa shape index (κ2) is 5.59. The molecule has 2 N–H and O–H groups in total. The molecular formula is C12H13N3O2S. The van der Waals surface area contributed by atoms with Gasteiger partial charge in [0.2, 0.25) is 0 Å². The molecular weight excluding hydrogens is 250 g/mol. The smallest absolute Gasteiger partial charge is 0.309 e. The van der Waals surface area contributed by atoms with Crippen molar-refractivity contribution >= 4 is 22.4 Å². The lowest BCUT2D eigenvalue weighted by Gasteiger charge is -2.12. The van der Waals surface area contributed by atoms with E-state index in [2.05, 4.69) is 15.3 Å². The topological polar surface area (TPSA) is 75.1 Å². The van der Waals surface area contributed by atoms with Gasteiger partial charge in [-0.25, -0.2) is 4.98 Å². The Kier molecular flexibility index (Phi) is 3.88. The Morgan fingerprint density at radius 3 is 3.11 bits per heavy atom. The number of aromatic nitrogens is 2. The van der Waals surface area contributed by atoms with Gasteiger partial charge >= 0.3 is 5.97 Å². The molecule has 0 amide bonds. The highest BCUT2D eigenvalue weighted by molar-refractivity contribution is 7.13. The van der Waals surface area contributed by atoms with Gasteiger partial charge in [-0.1, -0.05) is 6.07 Å². The average Bonchev–Trinajstić information content (AvgIpc) is 2.76.